The van der Waals surface area contributed by atoms with Crippen molar-refractivity contribution in [2.45, 2.75) is 38.9 Å². The second-order valence-corrected chi connectivity index (χ2v) is 6.36. The average molecular weight is 349 g/mol. The highest BCUT2D eigenvalue weighted by Gasteiger charge is 2.32. The Morgan fingerprint density at radius 1 is 1.36 bits per heavy atom. The molecule has 0 radical (unpaired) electrons. The van der Waals surface area contributed by atoms with Gasteiger partial charge in [-0.15, -0.1) is 0 Å². The molecule has 1 aromatic rings. The molecule has 1 unspecified atom stereocenters. The molecule has 0 aliphatic carbocycles. The zero-order valence-corrected chi connectivity index (χ0v) is 15.3. The van der Waals surface area contributed by atoms with Crippen LogP contribution in [0.3, 0.4) is 0 Å². The van der Waals surface area contributed by atoms with Crippen LogP contribution in [0.5, 0.6) is 11.5 Å². The van der Waals surface area contributed by atoms with E-state index in [0.717, 1.165) is 5.56 Å². The molecule has 0 bridgehead atoms. The summed E-state index contributed by atoms with van der Waals surface area (Å²) >= 11 is 0. The molecule has 138 valence electrons. The molecule has 0 saturated carbocycles. The number of rotatable bonds is 7. The van der Waals surface area contributed by atoms with Gasteiger partial charge in [-0.3, -0.25) is 14.5 Å². The lowest BCUT2D eigenvalue weighted by Crippen LogP contribution is -2.56. The van der Waals surface area contributed by atoms with Crippen LogP contribution >= 0.6 is 0 Å². The second kappa shape index (κ2) is 8.71. The third kappa shape index (κ3) is 4.85. The fraction of sp³-hybridized carbons (Fsp3) is 0.556. The van der Waals surface area contributed by atoms with Crippen molar-refractivity contribution in [1.29, 1.82) is 0 Å². The fourth-order valence-electron chi connectivity index (χ4n) is 3.03. The summed E-state index contributed by atoms with van der Waals surface area (Å²) in [5.41, 5.74) is 0.922. The van der Waals surface area contributed by atoms with Crippen LogP contribution in [0.15, 0.2) is 18.2 Å². The SMILES string of the molecule is COc1cccc(CN2CCNC(=O)C2CC(=O)NC(C)C)c1OC. The van der Waals surface area contributed by atoms with Gasteiger partial charge in [0.25, 0.3) is 0 Å². The van der Waals surface area contributed by atoms with Crippen LogP contribution in [0.4, 0.5) is 0 Å². The molecular weight excluding hydrogens is 322 g/mol. The van der Waals surface area contributed by atoms with Gasteiger partial charge in [-0.1, -0.05) is 12.1 Å². The summed E-state index contributed by atoms with van der Waals surface area (Å²) in [6.45, 7) is 5.54. The number of amides is 2. The maximum Gasteiger partial charge on any atom is 0.237 e. The molecule has 7 heteroatoms. The molecule has 1 aliphatic heterocycles. The quantitative estimate of drug-likeness (QED) is 0.765. The minimum absolute atomic E-state index is 0.0473. The summed E-state index contributed by atoms with van der Waals surface area (Å²) < 4.78 is 10.8. The largest absolute Gasteiger partial charge is 0.493 e. The topological polar surface area (TPSA) is 79.9 Å². The zero-order chi connectivity index (χ0) is 18.4. The monoisotopic (exact) mass is 349 g/mol. The molecule has 2 amide bonds. The van der Waals surface area contributed by atoms with E-state index < -0.39 is 6.04 Å². The van der Waals surface area contributed by atoms with E-state index in [4.69, 9.17) is 9.47 Å². The number of hydrogen-bond donors (Lipinski definition) is 2. The first-order valence-electron chi connectivity index (χ1n) is 8.47. The summed E-state index contributed by atoms with van der Waals surface area (Å²) in [6, 6.07) is 5.22. The first kappa shape index (κ1) is 19.1. The zero-order valence-electron chi connectivity index (χ0n) is 15.3. The summed E-state index contributed by atoms with van der Waals surface area (Å²) in [7, 11) is 3.19. The van der Waals surface area contributed by atoms with Crippen LogP contribution < -0.4 is 20.1 Å². The maximum absolute atomic E-state index is 12.3. The van der Waals surface area contributed by atoms with E-state index >= 15 is 0 Å². The number of piperazine rings is 1. The molecule has 1 aliphatic rings. The van der Waals surface area contributed by atoms with Crippen molar-refractivity contribution in [3.05, 3.63) is 23.8 Å². The van der Waals surface area contributed by atoms with Gasteiger partial charge in [-0.2, -0.15) is 0 Å². The second-order valence-electron chi connectivity index (χ2n) is 6.36. The fourth-order valence-corrected chi connectivity index (χ4v) is 3.03. The van der Waals surface area contributed by atoms with Crippen molar-refractivity contribution in [2.24, 2.45) is 0 Å². The Labute approximate surface area is 148 Å². The predicted octanol–water partition coefficient (Wildman–Crippen LogP) is 0.919. The lowest BCUT2D eigenvalue weighted by Gasteiger charge is -2.35. The van der Waals surface area contributed by atoms with Crippen molar-refractivity contribution in [3.8, 4) is 11.5 Å². The standard InChI is InChI=1S/C18H27N3O4/c1-12(2)20-16(22)10-14-18(23)19-8-9-21(14)11-13-6-5-7-15(24-3)17(13)25-4/h5-7,12,14H,8-11H2,1-4H3,(H,19,23)(H,20,22). The minimum atomic E-state index is -0.497. The lowest BCUT2D eigenvalue weighted by atomic mass is 10.1. The molecule has 1 atom stereocenters. The number of carbonyl (C=O) groups excluding carboxylic acids is 2. The highest BCUT2D eigenvalue weighted by Crippen LogP contribution is 2.32. The van der Waals surface area contributed by atoms with Gasteiger partial charge in [-0.25, -0.2) is 0 Å². The number of ether oxygens (including phenoxy) is 2. The molecule has 1 fully saturated rings. The van der Waals surface area contributed by atoms with E-state index in [1.165, 1.54) is 0 Å². The number of hydrogen-bond acceptors (Lipinski definition) is 5. The Hall–Kier alpha value is -2.28. The predicted molar refractivity (Wildman–Crippen MR) is 94.6 cm³/mol. The third-order valence-corrected chi connectivity index (χ3v) is 4.13. The van der Waals surface area contributed by atoms with E-state index in [9.17, 15) is 9.59 Å². The van der Waals surface area contributed by atoms with E-state index in [-0.39, 0.29) is 24.3 Å². The van der Waals surface area contributed by atoms with Gasteiger partial charge in [0.1, 0.15) is 0 Å². The number of para-hydroxylation sites is 1. The Bertz CT molecular complexity index is 618. The van der Waals surface area contributed by atoms with Crippen molar-refractivity contribution < 1.29 is 19.1 Å². The molecule has 0 spiro atoms. The molecule has 1 saturated heterocycles. The number of benzene rings is 1. The summed E-state index contributed by atoms with van der Waals surface area (Å²) in [5, 5.41) is 5.69. The van der Waals surface area contributed by atoms with Crippen molar-refractivity contribution in [2.75, 3.05) is 27.3 Å². The highest BCUT2D eigenvalue weighted by molar-refractivity contribution is 5.88. The summed E-state index contributed by atoms with van der Waals surface area (Å²) in [4.78, 5) is 26.4. The van der Waals surface area contributed by atoms with E-state index in [1.54, 1.807) is 14.2 Å². The van der Waals surface area contributed by atoms with Crippen LogP contribution in [0.25, 0.3) is 0 Å². The first-order valence-corrected chi connectivity index (χ1v) is 8.47. The molecule has 1 aromatic carbocycles. The van der Waals surface area contributed by atoms with Gasteiger partial charge in [0.2, 0.25) is 11.8 Å². The Morgan fingerprint density at radius 2 is 2.12 bits per heavy atom. The molecule has 2 rings (SSSR count). The van der Waals surface area contributed by atoms with Gasteiger partial charge >= 0.3 is 0 Å². The van der Waals surface area contributed by atoms with Crippen molar-refractivity contribution in [3.63, 3.8) is 0 Å². The Kier molecular flexibility index (Phi) is 6.64. The number of methoxy groups -OCH3 is 2. The van der Waals surface area contributed by atoms with E-state index in [0.29, 0.717) is 31.1 Å². The number of carbonyl (C=O) groups is 2. The van der Waals surface area contributed by atoms with Crippen LogP contribution in [0.2, 0.25) is 0 Å². The Balaban J connectivity index is 2.18. The molecular formula is C18H27N3O4. The van der Waals surface area contributed by atoms with Gasteiger partial charge in [0.15, 0.2) is 11.5 Å². The first-order chi connectivity index (χ1) is 12.0. The lowest BCUT2D eigenvalue weighted by molar-refractivity contribution is -0.134. The van der Waals surface area contributed by atoms with E-state index in [2.05, 4.69) is 10.6 Å². The number of nitrogens with one attached hydrogen (secondary N) is 2. The molecule has 7 nitrogen and oxygen atoms in total. The van der Waals surface area contributed by atoms with Gasteiger partial charge in [0.05, 0.1) is 26.7 Å². The average Bonchev–Trinajstić information content (AvgIpc) is 2.57. The van der Waals surface area contributed by atoms with Crippen LogP contribution in [0.1, 0.15) is 25.8 Å². The summed E-state index contributed by atoms with van der Waals surface area (Å²) in [6.07, 6.45) is 0.135. The smallest absolute Gasteiger partial charge is 0.237 e. The van der Waals surface area contributed by atoms with Crippen LogP contribution in [-0.2, 0) is 16.1 Å². The van der Waals surface area contributed by atoms with Gasteiger partial charge in [-0.05, 0) is 19.9 Å². The van der Waals surface area contributed by atoms with Gasteiger partial charge < -0.3 is 20.1 Å². The van der Waals surface area contributed by atoms with Gasteiger partial charge in [0, 0.05) is 31.2 Å². The normalized spacial score (nSPS) is 18.0. The Morgan fingerprint density at radius 3 is 2.76 bits per heavy atom. The van der Waals surface area contributed by atoms with Crippen LogP contribution in [-0.4, -0.2) is 56.1 Å². The minimum Gasteiger partial charge on any atom is -0.493 e. The van der Waals surface area contributed by atoms with Crippen molar-refractivity contribution >= 4 is 11.8 Å². The highest BCUT2D eigenvalue weighted by atomic mass is 16.5. The molecule has 2 N–H and O–H groups in total. The maximum atomic E-state index is 12.3. The third-order valence-electron chi connectivity index (χ3n) is 4.13. The van der Waals surface area contributed by atoms with Crippen molar-refractivity contribution in [1.82, 2.24) is 15.5 Å². The summed E-state index contributed by atoms with van der Waals surface area (Å²) in [5.74, 6) is 1.06. The molecule has 1 heterocycles. The molecule has 25 heavy (non-hydrogen) atoms. The van der Waals surface area contributed by atoms with E-state index in [1.807, 2.05) is 36.9 Å². The number of nitrogens with zero attached hydrogens (tertiary/aromatic N) is 1. The molecule has 0 aromatic heterocycles. The van der Waals surface area contributed by atoms with Crippen LogP contribution in [0, 0.1) is 0 Å².